The Morgan fingerprint density at radius 3 is 0.840 bits per heavy atom. The number of hydrogen-bond acceptors (Lipinski definition) is 6. The maximum Gasteiger partial charge on any atom is 3.00 e. The summed E-state index contributed by atoms with van der Waals surface area (Å²) in [6, 6.07) is 0. The van der Waals surface area contributed by atoms with E-state index in [1.807, 2.05) is 0 Å². The van der Waals surface area contributed by atoms with Crippen LogP contribution < -0.4 is 15.3 Å². The molecule has 25 heavy (non-hydrogen) atoms. The molecule has 0 atom stereocenters. The Morgan fingerprint density at radius 2 is 0.720 bits per heavy atom. The van der Waals surface area contributed by atoms with Crippen LogP contribution in [0.2, 0.25) is 0 Å². The molecule has 0 aromatic carbocycles. The second kappa shape index (κ2) is 27.0. The van der Waals surface area contributed by atoms with E-state index in [1.54, 1.807) is 57.2 Å². The number of carbonyl (C=O) groups excluding carboxylic acids is 3. The minimum absolute atomic E-state index is 0. The van der Waals surface area contributed by atoms with Gasteiger partial charge >= 0.3 is 37.7 Å². The molecule has 0 saturated carbocycles. The summed E-state index contributed by atoms with van der Waals surface area (Å²) < 4.78 is 0. The monoisotopic (exact) mass is 498 g/mol. The average molecular weight is 498 g/mol. The van der Waals surface area contributed by atoms with Crippen LogP contribution >= 0.6 is 0 Å². The van der Waals surface area contributed by atoms with Crippen LogP contribution in [0.3, 0.4) is 0 Å². The first-order valence-corrected chi connectivity index (χ1v) is 6.82. The SMILES string of the molecule is C/C=C/C=C/C(=O)[O-].C/C=C/C=C/C(=O)[O-].C/C=C/C=C/C(=O)[O-].[Ho+3]. The van der Waals surface area contributed by atoms with Gasteiger partial charge in [-0.1, -0.05) is 54.7 Å². The zero-order chi connectivity index (χ0) is 19.2. The van der Waals surface area contributed by atoms with Crippen molar-refractivity contribution in [1.82, 2.24) is 0 Å². The van der Waals surface area contributed by atoms with Crippen LogP contribution in [0.15, 0.2) is 72.9 Å². The Labute approximate surface area is 178 Å². The Bertz CT molecular complexity index is 450. The first-order chi connectivity index (χ1) is 11.3. The summed E-state index contributed by atoms with van der Waals surface area (Å²) in [5.74, 6) is -3.49. The van der Waals surface area contributed by atoms with Gasteiger partial charge in [-0.2, -0.15) is 0 Å². The largest absolute Gasteiger partial charge is 3.00 e. The molecule has 0 spiro atoms. The molecule has 0 heterocycles. The maximum atomic E-state index is 9.64. The zero-order valence-corrected chi connectivity index (χ0v) is 16.1. The summed E-state index contributed by atoms with van der Waals surface area (Å²) in [4.78, 5) is 28.9. The topological polar surface area (TPSA) is 120 Å². The molecule has 0 aromatic heterocycles. The van der Waals surface area contributed by atoms with Crippen molar-refractivity contribution in [2.75, 3.05) is 0 Å². The molecule has 7 heteroatoms. The van der Waals surface area contributed by atoms with E-state index in [2.05, 4.69) is 0 Å². The molecule has 0 aliphatic rings. The molecule has 0 radical (unpaired) electrons. The molecule has 140 valence electrons. The Kier molecular flexibility index (Phi) is 33.4. The second-order valence-electron chi connectivity index (χ2n) is 3.61. The molecule has 0 rings (SSSR count). The smallest absolute Gasteiger partial charge is 0.545 e. The van der Waals surface area contributed by atoms with Crippen molar-refractivity contribution in [3.05, 3.63) is 72.9 Å². The van der Waals surface area contributed by atoms with Crippen molar-refractivity contribution in [2.45, 2.75) is 20.8 Å². The van der Waals surface area contributed by atoms with Crippen LogP contribution in [-0.2, 0) is 14.4 Å². The van der Waals surface area contributed by atoms with Crippen molar-refractivity contribution in [3.8, 4) is 0 Å². The summed E-state index contributed by atoms with van der Waals surface area (Å²) in [7, 11) is 0. The predicted molar refractivity (Wildman–Crippen MR) is 86.9 cm³/mol. The Hall–Kier alpha value is -1.89. The summed E-state index contributed by atoms with van der Waals surface area (Å²) >= 11 is 0. The van der Waals surface area contributed by atoms with Gasteiger partial charge in [0.25, 0.3) is 0 Å². The molecular weight excluding hydrogens is 477 g/mol. The van der Waals surface area contributed by atoms with Crippen LogP contribution in [0.4, 0.5) is 0 Å². The molecule has 0 aliphatic carbocycles. The molecule has 0 aromatic rings. The van der Waals surface area contributed by atoms with Gasteiger partial charge in [-0.15, -0.1) is 0 Å². The number of carboxylic acids is 3. The van der Waals surface area contributed by atoms with Crippen molar-refractivity contribution in [1.29, 1.82) is 0 Å². The summed E-state index contributed by atoms with van der Waals surface area (Å²) in [5, 5.41) is 28.9. The van der Waals surface area contributed by atoms with Crippen LogP contribution in [0, 0.1) is 37.7 Å². The first-order valence-electron chi connectivity index (χ1n) is 6.82. The van der Waals surface area contributed by atoms with E-state index in [-0.39, 0.29) is 37.7 Å². The van der Waals surface area contributed by atoms with E-state index in [1.165, 1.54) is 18.2 Å². The number of rotatable bonds is 6. The van der Waals surface area contributed by atoms with Crippen LogP contribution in [0.1, 0.15) is 20.8 Å². The summed E-state index contributed by atoms with van der Waals surface area (Å²) in [5.41, 5.74) is 0. The van der Waals surface area contributed by atoms with E-state index in [0.29, 0.717) is 0 Å². The van der Waals surface area contributed by atoms with Gasteiger partial charge in [-0.3, -0.25) is 0 Å². The number of aliphatic carboxylic acids is 3. The number of carbonyl (C=O) groups is 3. The quantitative estimate of drug-likeness (QED) is 0.280. The second-order valence-corrected chi connectivity index (χ2v) is 3.61. The minimum atomic E-state index is -1.16. The van der Waals surface area contributed by atoms with Crippen LogP contribution in [0.25, 0.3) is 0 Å². The van der Waals surface area contributed by atoms with Crippen molar-refractivity contribution in [3.63, 3.8) is 0 Å². The Balaban J connectivity index is -0.000000130. The standard InChI is InChI=1S/3C6H8O2.Ho/c3*1-2-3-4-5-6(7)8;/h3*2-5H,1H3,(H,7,8);/q;;;+3/p-3/b3*3-2+,5-4+;. The first kappa shape index (κ1) is 30.9. The zero-order valence-electron chi connectivity index (χ0n) is 14.2. The van der Waals surface area contributed by atoms with Gasteiger partial charge in [0.15, 0.2) is 0 Å². The van der Waals surface area contributed by atoms with E-state index in [9.17, 15) is 29.7 Å². The average Bonchev–Trinajstić information content (AvgIpc) is 2.48. The van der Waals surface area contributed by atoms with Crippen molar-refractivity contribution in [2.24, 2.45) is 0 Å². The Morgan fingerprint density at radius 1 is 0.520 bits per heavy atom. The van der Waals surface area contributed by atoms with Crippen LogP contribution in [0.5, 0.6) is 0 Å². The molecule has 0 bridgehead atoms. The molecule has 0 unspecified atom stereocenters. The number of hydrogen-bond donors (Lipinski definition) is 0. The maximum absolute atomic E-state index is 9.64. The third-order valence-electron chi connectivity index (χ3n) is 1.61. The predicted octanol–water partition coefficient (Wildman–Crippen LogP) is -0.394. The third kappa shape index (κ3) is 52.0. The minimum Gasteiger partial charge on any atom is -0.545 e. The van der Waals surface area contributed by atoms with Gasteiger partial charge < -0.3 is 29.7 Å². The van der Waals surface area contributed by atoms with Gasteiger partial charge in [-0.25, -0.2) is 0 Å². The van der Waals surface area contributed by atoms with E-state index in [4.69, 9.17) is 0 Å². The molecule has 0 saturated heterocycles. The van der Waals surface area contributed by atoms with Crippen LogP contribution in [-0.4, -0.2) is 17.9 Å². The van der Waals surface area contributed by atoms with Gasteiger partial charge in [0.1, 0.15) is 0 Å². The van der Waals surface area contributed by atoms with Gasteiger partial charge in [0, 0.05) is 0 Å². The summed E-state index contributed by atoms with van der Waals surface area (Å²) in [6.45, 7) is 5.42. The van der Waals surface area contributed by atoms with E-state index in [0.717, 1.165) is 18.2 Å². The van der Waals surface area contributed by atoms with E-state index >= 15 is 0 Å². The number of allylic oxidation sites excluding steroid dienone is 9. The molecular formula is C18H21HoO6. The third-order valence-corrected chi connectivity index (χ3v) is 1.61. The van der Waals surface area contributed by atoms with Gasteiger partial charge in [0.2, 0.25) is 0 Å². The molecule has 6 nitrogen and oxygen atoms in total. The molecule has 0 aliphatic heterocycles. The van der Waals surface area contributed by atoms with Gasteiger partial charge in [0.05, 0.1) is 17.9 Å². The summed E-state index contributed by atoms with van der Waals surface area (Å²) in [6.07, 6.45) is 17.2. The fourth-order valence-electron chi connectivity index (χ4n) is 0.736. The normalized spacial score (nSPS) is 10.7. The fourth-order valence-corrected chi connectivity index (χ4v) is 0.736. The van der Waals surface area contributed by atoms with Crippen molar-refractivity contribution >= 4 is 17.9 Å². The van der Waals surface area contributed by atoms with Crippen molar-refractivity contribution < 1.29 is 67.4 Å². The molecule has 0 N–H and O–H groups in total. The van der Waals surface area contributed by atoms with Gasteiger partial charge in [-0.05, 0) is 39.0 Å². The fraction of sp³-hybridized carbons (Fsp3) is 0.167. The molecule has 0 amide bonds. The number of carboxylic acid groups (broad SMARTS) is 3. The molecule has 0 fully saturated rings. The van der Waals surface area contributed by atoms with E-state index < -0.39 is 17.9 Å².